The molecule has 4 rings (SSSR count). The Balaban J connectivity index is 0.00000272. The van der Waals surface area contributed by atoms with Gasteiger partial charge in [-0.2, -0.15) is 0 Å². The lowest BCUT2D eigenvalue weighted by Crippen LogP contribution is -2.42. The molecular weight excluding hydrogens is 519 g/mol. The Morgan fingerprint density at radius 3 is 2.52 bits per heavy atom. The number of nitrogens with one attached hydrogen (secondary N) is 2. The van der Waals surface area contributed by atoms with E-state index < -0.39 is 0 Å². The van der Waals surface area contributed by atoms with Crippen LogP contribution in [0.25, 0.3) is 0 Å². The lowest BCUT2D eigenvalue weighted by molar-refractivity contribution is 0.249. The number of guanidine groups is 1. The van der Waals surface area contributed by atoms with Crippen LogP contribution < -0.4 is 15.5 Å². The van der Waals surface area contributed by atoms with Gasteiger partial charge < -0.3 is 15.5 Å². The second kappa shape index (κ2) is 12.6. The molecule has 2 fully saturated rings. The smallest absolute Gasteiger partial charge is 0.191 e. The SMILES string of the molecule is CCNC(=NCc1ccc(N2CCCC2)nc1)NCC(c1cccs1)N1CCCC1.I. The number of thiophene rings is 1. The van der Waals surface area contributed by atoms with Gasteiger partial charge in [-0.3, -0.25) is 4.90 Å². The average Bonchev–Trinajstić information content (AvgIpc) is 3.56. The monoisotopic (exact) mass is 554 g/mol. The second-order valence-electron chi connectivity index (χ2n) is 8.07. The molecule has 0 aliphatic carbocycles. The Labute approximate surface area is 207 Å². The van der Waals surface area contributed by atoms with Crippen molar-refractivity contribution < 1.29 is 0 Å². The van der Waals surface area contributed by atoms with Crippen molar-refractivity contribution in [1.82, 2.24) is 20.5 Å². The predicted molar refractivity (Wildman–Crippen MR) is 142 cm³/mol. The number of anilines is 1. The van der Waals surface area contributed by atoms with E-state index in [1.165, 1.54) is 43.6 Å². The number of aliphatic imine (C=N–C) groups is 1. The van der Waals surface area contributed by atoms with Gasteiger partial charge >= 0.3 is 0 Å². The summed E-state index contributed by atoms with van der Waals surface area (Å²) in [6.45, 7) is 9.10. The fourth-order valence-electron chi connectivity index (χ4n) is 4.29. The molecule has 4 heterocycles. The zero-order valence-electron chi connectivity index (χ0n) is 18.4. The van der Waals surface area contributed by atoms with Gasteiger partial charge in [0.05, 0.1) is 12.6 Å². The fraction of sp³-hybridized carbons (Fsp3) is 0.565. The predicted octanol–water partition coefficient (Wildman–Crippen LogP) is 4.25. The van der Waals surface area contributed by atoms with Crippen molar-refractivity contribution in [3.8, 4) is 0 Å². The van der Waals surface area contributed by atoms with Gasteiger partial charge in [0.25, 0.3) is 0 Å². The summed E-state index contributed by atoms with van der Waals surface area (Å²) in [6, 6.07) is 9.12. The molecule has 2 saturated heterocycles. The molecule has 0 aromatic carbocycles. The van der Waals surface area contributed by atoms with Gasteiger partial charge in [-0.05, 0) is 68.8 Å². The van der Waals surface area contributed by atoms with E-state index in [2.05, 4.69) is 62.0 Å². The van der Waals surface area contributed by atoms with E-state index in [9.17, 15) is 0 Å². The number of aromatic nitrogens is 1. The molecule has 2 aliphatic heterocycles. The second-order valence-corrected chi connectivity index (χ2v) is 9.05. The first kappa shape index (κ1) is 24.3. The molecule has 0 saturated carbocycles. The summed E-state index contributed by atoms with van der Waals surface area (Å²) in [6.07, 6.45) is 7.12. The van der Waals surface area contributed by atoms with Crippen molar-refractivity contribution in [2.45, 2.75) is 45.2 Å². The topological polar surface area (TPSA) is 55.8 Å². The van der Waals surface area contributed by atoms with Crippen molar-refractivity contribution in [3.05, 3.63) is 46.3 Å². The summed E-state index contributed by atoms with van der Waals surface area (Å²) in [4.78, 5) is 15.9. The minimum Gasteiger partial charge on any atom is -0.357 e. The number of rotatable bonds is 8. The van der Waals surface area contributed by atoms with Crippen molar-refractivity contribution in [1.29, 1.82) is 0 Å². The van der Waals surface area contributed by atoms with Crippen LogP contribution in [0.3, 0.4) is 0 Å². The van der Waals surface area contributed by atoms with Crippen molar-refractivity contribution in [2.24, 2.45) is 4.99 Å². The Kier molecular flexibility index (Phi) is 9.86. The minimum atomic E-state index is 0. The van der Waals surface area contributed by atoms with E-state index in [0.29, 0.717) is 12.6 Å². The van der Waals surface area contributed by atoms with Crippen molar-refractivity contribution in [2.75, 3.05) is 44.2 Å². The van der Waals surface area contributed by atoms with Crippen LogP contribution in [0.4, 0.5) is 5.82 Å². The third-order valence-corrected chi connectivity index (χ3v) is 6.89. The van der Waals surface area contributed by atoms with Crippen LogP contribution >= 0.6 is 35.3 Å². The van der Waals surface area contributed by atoms with Gasteiger partial charge in [-0.25, -0.2) is 9.98 Å². The third-order valence-electron chi connectivity index (χ3n) is 5.92. The lowest BCUT2D eigenvalue weighted by atomic mass is 10.2. The van der Waals surface area contributed by atoms with E-state index in [-0.39, 0.29) is 24.0 Å². The highest BCUT2D eigenvalue weighted by Gasteiger charge is 2.24. The Hall–Kier alpha value is -1.39. The number of likely N-dealkylation sites (tertiary alicyclic amines) is 1. The molecule has 2 aromatic rings. The minimum absolute atomic E-state index is 0. The zero-order chi connectivity index (χ0) is 20.6. The lowest BCUT2D eigenvalue weighted by Gasteiger charge is -2.27. The summed E-state index contributed by atoms with van der Waals surface area (Å²) in [7, 11) is 0. The van der Waals surface area contributed by atoms with E-state index >= 15 is 0 Å². The number of hydrogen-bond donors (Lipinski definition) is 2. The highest BCUT2D eigenvalue weighted by Crippen LogP contribution is 2.27. The van der Waals surface area contributed by atoms with Gasteiger partial charge in [0.15, 0.2) is 5.96 Å². The highest BCUT2D eigenvalue weighted by atomic mass is 127. The summed E-state index contributed by atoms with van der Waals surface area (Å²) < 4.78 is 0. The maximum absolute atomic E-state index is 4.82. The molecule has 0 bridgehead atoms. The van der Waals surface area contributed by atoms with E-state index in [1.54, 1.807) is 0 Å². The van der Waals surface area contributed by atoms with Crippen LogP contribution in [0.2, 0.25) is 0 Å². The average molecular weight is 555 g/mol. The van der Waals surface area contributed by atoms with Crippen LogP contribution in [0.15, 0.2) is 40.8 Å². The number of halogens is 1. The summed E-state index contributed by atoms with van der Waals surface area (Å²) in [5.41, 5.74) is 1.14. The molecule has 0 spiro atoms. The highest BCUT2D eigenvalue weighted by molar-refractivity contribution is 14.0. The van der Waals surface area contributed by atoms with Crippen LogP contribution in [0.5, 0.6) is 0 Å². The van der Waals surface area contributed by atoms with E-state index in [0.717, 1.165) is 43.5 Å². The van der Waals surface area contributed by atoms with Gasteiger partial charge in [0.2, 0.25) is 0 Å². The molecule has 6 nitrogen and oxygen atoms in total. The third kappa shape index (κ3) is 6.79. The van der Waals surface area contributed by atoms with Crippen LogP contribution in [0, 0.1) is 0 Å². The standard InChI is InChI=1S/C23H34N6S.HI/c1-2-24-23(26-17-19-9-10-22(25-16-19)29-13-5-6-14-29)27-18-20(21-8-7-15-30-21)28-11-3-4-12-28;/h7-10,15-16,20H,2-6,11-14,17-18H2,1H3,(H2,24,26,27);1H. The maximum atomic E-state index is 4.82. The zero-order valence-corrected chi connectivity index (χ0v) is 21.6. The molecule has 170 valence electrons. The Bertz CT molecular complexity index is 783. The van der Waals surface area contributed by atoms with Crippen LogP contribution in [-0.4, -0.2) is 55.1 Å². The van der Waals surface area contributed by atoms with Crippen molar-refractivity contribution in [3.63, 3.8) is 0 Å². The van der Waals surface area contributed by atoms with E-state index in [4.69, 9.17) is 4.99 Å². The van der Waals surface area contributed by atoms with Crippen LogP contribution in [-0.2, 0) is 6.54 Å². The summed E-state index contributed by atoms with van der Waals surface area (Å²) >= 11 is 1.85. The van der Waals surface area contributed by atoms with E-state index in [1.807, 2.05) is 17.5 Å². The van der Waals surface area contributed by atoms with Crippen LogP contribution in [0.1, 0.15) is 49.1 Å². The molecule has 2 N–H and O–H groups in total. The first-order valence-corrected chi connectivity index (χ1v) is 12.2. The molecule has 2 aliphatic rings. The molecule has 1 atom stereocenters. The normalized spacial score (nSPS) is 18.1. The first-order chi connectivity index (χ1) is 14.8. The molecule has 8 heteroatoms. The quantitative estimate of drug-likeness (QED) is 0.290. The molecule has 31 heavy (non-hydrogen) atoms. The molecule has 0 amide bonds. The van der Waals surface area contributed by atoms with Gasteiger partial charge in [0, 0.05) is 37.3 Å². The first-order valence-electron chi connectivity index (χ1n) is 11.3. The number of pyridine rings is 1. The fourth-order valence-corrected chi connectivity index (χ4v) is 5.15. The Morgan fingerprint density at radius 2 is 1.87 bits per heavy atom. The van der Waals surface area contributed by atoms with Gasteiger partial charge in [0.1, 0.15) is 5.82 Å². The number of hydrogen-bond acceptors (Lipinski definition) is 5. The van der Waals surface area contributed by atoms with Crippen molar-refractivity contribution >= 4 is 47.1 Å². The van der Waals surface area contributed by atoms with Gasteiger partial charge in [-0.1, -0.05) is 12.1 Å². The largest absolute Gasteiger partial charge is 0.357 e. The molecule has 0 radical (unpaired) electrons. The summed E-state index contributed by atoms with van der Waals surface area (Å²) in [5, 5.41) is 9.16. The maximum Gasteiger partial charge on any atom is 0.191 e. The molecule has 2 aromatic heterocycles. The summed E-state index contributed by atoms with van der Waals surface area (Å²) in [5.74, 6) is 1.97. The molecular formula is C23H35IN6S. The Morgan fingerprint density at radius 1 is 1.10 bits per heavy atom. The molecule has 1 unspecified atom stereocenters. The van der Waals surface area contributed by atoms with Gasteiger partial charge in [-0.15, -0.1) is 35.3 Å². The number of nitrogens with zero attached hydrogens (tertiary/aromatic N) is 4.